The van der Waals surface area contributed by atoms with Gasteiger partial charge in [-0.15, -0.1) is 11.3 Å². The van der Waals surface area contributed by atoms with Crippen molar-refractivity contribution in [2.75, 3.05) is 4.90 Å². The van der Waals surface area contributed by atoms with Crippen molar-refractivity contribution in [3.63, 3.8) is 0 Å². The molecule has 0 bridgehead atoms. The summed E-state index contributed by atoms with van der Waals surface area (Å²) in [6, 6.07) is 20.7. The van der Waals surface area contributed by atoms with Gasteiger partial charge in [0.1, 0.15) is 5.01 Å². The molecule has 0 unspecified atom stereocenters. The molecule has 3 aromatic carbocycles. The van der Waals surface area contributed by atoms with Gasteiger partial charge in [0, 0.05) is 16.5 Å². The number of rotatable bonds is 3. The minimum atomic E-state index is -0.289. The third-order valence-corrected chi connectivity index (χ3v) is 6.20. The normalized spacial score (nSPS) is 13.1. The zero-order chi connectivity index (χ0) is 20.8. The first-order valence-electron chi connectivity index (χ1n) is 9.64. The number of thiazole rings is 1. The fourth-order valence-electron chi connectivity index (χ4n) is 3.83. The van der Waals surface area contributed by atoms with Gasteiger partial charge in [-0.2, -0.15) is 0 Å². The molecule has 1 aromatic heterocycles. The van der Waals surface area contributed by atoms with Crippen LogP contribution >= 0.6 is 11.3 Å². The third-order valence-electron chi connectivity index (χ3n) is 5.31. The summed E-state index contributed by atoms with van der Waals surface area (Å²) in [6.07, 6.45) is 0. The number of anilines is 1. The van der Waals surface area contributed by atoms with Crippen molar-refractivity contribution >= 4 is 28.8 Å². The van der Waals surface area contributed by atoms with Gasteiger partial charge in [0.2, 0.25) is 0 Å². The van der Waals surface area contributed by atoms with Gasteiger partial charge < -0.3 is 0 Å². The molecule has 30 heavy (non-hydrogen) atoms. The van der Waals surface area contributed by atoms with Crippen LogP contribution in [0.25, 0.3) is 21.8 Å². The summed E-state index contributed by atoms with van der Waals surface area (Å²) < 4.78 is 0. The highest BCUT2D eigenvalue weighted by Crippen LogP contribution is 2.34. The SMILES string of the molecule is Cc1ccc(-c2csc(-c3cccc(N4C(=O)c5ccccc5C4=O)c3)n2)c(C)c1. The van der Waals surface area contributed by atoms with E-state index in [-0.39, 0.29) is 11.8 Å². The second-order valence-corrected chi connectivity index (χ2v) is 8.26. The Bertz CT molecular complexity index is 1290. The lowest BCUT2D eigenvalue weighted by atomic mass is 10.0. The number of hydrogen-bond donors (Lipinski definition) is 0. The lowest BCUT2D eigenvalue weighted by Crippen LogP contribution is -2.29. The number of aromatic nitrogens is 1. The standard InChI is InChI=1S/C25H18N2O2S/c1-15-10-11-19(16(2)12-15)22-14-30-23(26-22)17-6-5-7-18(13-17)27-24(28)20-8-3-4-9-21(20)25(27)29/h3-14H,1-2H3. The number of fused-ring (bicyclic) bond motifs is 1. The third kappa shape index (κ3) is 2.95. The Kier molecular flexibility index (Phi) is 4.33. The molecule has 0 spiro atoms. The van der Waals surface area contributed by atoms with Gasteiger partial charge in [-0.3, -0.25) is 9.59 Å². The minimum Gasteiger partial charge on any atom is -0.268 e. The minimum absolute atomic E-state index is 0.289. The summed E-state index contributed by atoms with van der Waals surface area (Å²) in [5.41, 5.74) is 6.77. The average molecular weight is 410 g/mol. The molecule has 0 saturated heterocycles. The Hall–Kier alpha value is -3.57. The first-order chi connectivity index (χ1) is 14.5. The Morgan fingerprint density at radius 2 is 1.53 bits per heavy atom. The summed E-state index contributed by atoms with van der Waals surface area (Å²) in [4.78, 5) is 31.7. The van der Waals surface area contributed by atoms with E-state index in [0.717, 1.165) is 21.8 Å². The van der Waals surface area contributed by atoms with Crippen LogP contribution in [0, 0.1) is 13.8 Å². The lowest BCUT2D eigenvalue weighted by molar-refractivity contribution is 0.0926. The van der Waals surface area contributed by atoms with Crippen LogP contribution in [-0.4, -0.2) is 16.8 Å². The van der Waals surface area contributed by atoms with Crippen molar-refractivity contribution in [3.8, 4) is 21.8 Å². The molecule has 5 heteroatoms. The highest BCUT2D eigenvalue weighted by atomic mass is 32.1. The van der Waals surface area contributed by atoms with E-state index in [2.05, 4.69) is 32.0 Å². The molecule has 4 aromatic rings. The summed E-state index contributed by atoms with van der Waals surface area (Å²) in [6.45, 7) is 4.16. The van der Waals surface area contributed by atoms with Gasteiger partial charge >= 0.3 is 0 Å². The van der Waals surface area contributed by atoms with Gasteiger partial charge in [0.15, 0.2) is 0 Å². The second kappa shape index (κ2) is 7.04. The molecular weight excluding hydrogens is 392 g/mol. The number of carbonyl (C=O) groups excluding carboxylic acids is 2. The van der Waals surface area contributed by atoms with E-state index >= 15 is 0 Å². The van der Waals surface area contributed by atoms with Crippen LogP contribution in [0.15, 0.2) is 72.1 Å². The Morgan fingerprint density at radius 1 is 0.800 bits per heavy atom. The second-order valence-electron chi connectivity index (χ2n) is 7.40. The largest absolute Gasteiger partial charge is 0.268 e. The van der Waals surface area contributed by atoms with Crippen LogP contribution < -0.4 is 4.90 Å². The van der Waals surface area contributed by atoms with Gasteiger partial charge in [0.25, 0.3) is 11.8 Å². The first-order valence-corrected chi connectivity index (χ1v) is 10.5. The van der Waals surface area contributed by atoms with Crippen molar-refractivity contribution in [1.82, 2.24) is 4.98 Å². The quantitative estimate of drug-likeness (QED) is 0.396. The molecule has 0 saturated carbocycles. The van der Waals surface area contributed by atoms with Crippen LogP contribution in [0.3, 0.4) is 0 Å². The zero-order valence-corrected chi connectivity index (χ0v) is 17.4. The van der Waals surface area contributed by atoms with E-state index in [1.165, 1.54) is 16.0 Å². The Morgan fingerprint density at radius 3 is 2.23 bits per heavy atom. The molecule has 0 fully saturated rings. The molecule has 2 amide bonds. The van der Waals surface area contributed by atoms with Crippen LogP contribution in [0.1, 0.15) is 31.8 Å². The van der Waals surface area contributed by atoms with Gasteiger partial charge in [-0.1, -0.05) is 48.0 Å². The van der Waals surface area contributed by atoms with E-state index in [1.54, 1.807) is 41.7 Å². The number of hydrogen-bond acceptors (Lipinski definition) is 4. The van der Waals surface area contributed by atoms with Crippen molar-refractivity contribution in [2.24, 2.45) is 0 Å². The molecule has 1 aliphatic heterocycles. The molecule has 4 nitrogen and oxygen atoms in total. The maximum Gasteiger partial charge on any atom is 0.266 e. The molecule has 0 atom stereocenters. The number of amides is 2. The van der Waals surface area contributed by atoms with Crippen LogP contribution in [0.4, 0.5) is 5.69 Å². The fraction of sp³-hybridized carbons (Fsp3) is 0.0800. The molecule has 1 aliphatic rings. The highest BCUT2D eigenvalue weighted by Gasteiger charge is 2.36. The molecule has 5 rings (SSSR count). The molecule has 0 N–H and O–H groups in total. The molecule has 146 valence electrons. The number of aryl methyl sites for hydroxylation is 2. The highest BCUT2D eigenvalue weighted by molar-refractivity contribution is 7.13. The van der Waals surface area contributed by atoms with Gasteiger partial charge in [-0.05, 0) is 43.7 Å². The van der Waals surface area contributed by atoms with E-state index in [1.807, 2.05) is 23.6 Å². The molecule has 2 heterocycles. The van der Waals surface area contributed by atoms with E-state index in [4.69, 9.17) is 4.98 Å². The lowest BCUT2D eigenvalue weighted by Gasteiger charge is -2.14. The summed E-state index contributed by atoms with van der Waals surface area (Å²) in [7, 11) is 0. The van der Waals surface area contributed by atoms with Crippen molar-refractivity contribution in [3.05, 3.63) is 94.4 Å². The Labute approximate surface area is 178 Å². The van der Waals surface area contributed by atoms with Gasteiger partial charge in [0.05, 0.1) is 22.5 Å². The fourth-order valence-corrected chi connectivity index (χ4v) is 4.65. The first kappa shape index (κ1) is 18.5. The number of imide groups is 1. The van der Waals surface area contributed by atoms with Crippen molar-refractivity contribution < 1.29 is 9.59 Å². The Balaban J connectivity index is 1.50. The number of benzene rings is 3. The van der Waals surface area contributed by atoms with Crippen LogP contribution in [0.2, 0.25) is 0 Å². The van der Waals surface area contributed by atoms with Crippen molar-refractivity contribution in [2.45, 2.75) is 13.8 Å². The maximum atomic E-state index is 12.8. The van der Waals surface area contributed by atoms with Gasteiger partial charge in [-0.25, -0.2) is 9.88 Å². The van der Waals surface area contributed by atoms with Crippen LogP contribution in [-0.2, 0) is 0 Å². The molecule has 0 radical (unpaired) electrons. The molecule has 0 aliphatic carbocycles. The predicted molar refractivity (Wildman–Crippen MR) is 120 cm³/mol. The molecular formula is C25H18N2O2S. The smallest absolute Gasteiger partial charge is 0.266 e. The van der Waals surface area contributed by atoms with E-state index in [9.17, 15) is 9.59 Å². The van der Waals surface area contributed by atoms with Crippen LogP contribution in [0.5, 0.6) is 0 Å². The summed E-state index contributed by atoms with van der Waals surface area (Å²) in [5.74, 6) is -0.578. The topological polar surface area (TPSA) is 50.3 Å². The monoisotopic (exact) mass is 410 g/mol. The maximum absolute atomic E-state index is 12.8. The zero-order valence-electron chi connectivity index (χ0n) is 16.5. The van der Waals surface area contributed by atoms with E-state index < -0.39 is 0 Å². The number of nitrogens with zero attached hydrogens (tertiary/aromatic N) is 2. The number of carbonyl (C=O) groups is 2. The van der Waals surface area contributed by atoms with Crippen molar-refractivity contribution in [1.29, 1.82) is 0 Å². The predicted octanol–water partition coefficient (Wildman–Crippen LogP) is 5.89. The van der Waals surface area contributed by atoms with E-state index in [0.29, 0.717) is 16.8 Å². The average Bonchev–Trinajstić information content (AvgIpc) is 3.32. The summed E-state index contributed by atoms with van der Waals surface area (Å²) in [5, 5.41) is 2.89. The summed E-state index contributed by atoms with van der Waals surface area (Å²) >= 11 is 1.55.